The van der Waals surface area contributed by atoms with E-state index in [0.717, 1.165) is 24.6 Å². The van der Waals surface area contributed by atoms with Gasteiger partial charge in [0.05, 0.1) is 25.0 Å². The molecule has 150 valence electrons. The molecule has 0 aliphatic carbocycles. The van der Waals surface area contributed by atoms with Crippen LogP contribution in [0.3, 0.4) is 0 Å². The van der Waals surface area contributed by atoms with E-state index >= 15 is 0 Å². The van der Waals surface area contributed by atoms with Crippen LogP contribution in [0.5, 0.6) is 0 Å². The van der Waals surface area contributed by atoms with Crippen molar-refractivity contribution in [3.63, 3.8) is 0 Å². The number of rotatable bonds is 6. The van der Waals surface area contributed by atoms with Crippen molar-refractivity contribution in [1.82, 2.24) is 25.4 Å². The molecule has 2 aromatic rings. The van der Waals surface area contributed by atoms with Crippen molar-refractivity contribution in [2.75, 3.05) is 38.3 Å². The number of carbonyl (C=O) groups excluding carboxylic acids is 2. The van der Waals surface area contributed by atoms with Gasteiger partial charge in [-0.3, -0.25) is 14.7 Å². The van der Waals surface area contributed by atoms with E-state index in [1.165, 1.54) is 18.8 Å². The molecule has 2 N–H and O–H groups in total. The Balaban J connectivity index is 1.82. The Morgan fingerprint density at radius 2 is 1.93 bits per heavy atom. The van der Waals surface area contributed by atoms with E-state index in [4.69, 9.17) is 4.74 Å². The second kappa shape index (κ2) is 9.56. The topological polar surface area (TPSA) is 101 Å². The molecule has 0 saturated carbocycles. The van der Waals surface area contributed by atoms with Crippen molar-refractivity contribution in [2.45, 2.75) is 23.9 Å². The third-order valence-corrected chi connectivity index (χ3v) is 5.37. The maximum Gasteiger partial charge on any atom is 0.321 e. The molecule has 2 heterocycles. The number of nitrogens with zero attached hydrogens (tertiary/aromatic N) is 4. The molecular weight excluding hydrogens is 380 g/mol. The predicted octanol–water partition coefficient (Wildman–Crippen LogP) is 1.10. The molecule has 1 atom stereocenters. The summed E-state index contributed by atoms with van der Waals surface area (Å²) in [6, 6.07) is 9.50. The van der Waals surface area contributed by atoms with Gasteiger partial charge in [0.1, 0.15) is 0 Å². The number of ether oxygens (including phenoxy) is 1. The molecule has 0 radical (unpaired) electrons. The summed E-state index contributed by atoms with van der Waals surface area (Å²) in [7, 11) is 1.46. The van der Waals surface area contributed by atoms with Gasteiger partial charge in [0, 0.05) is 20.1 Å². The monoisotopic (exact) mass is 404 g/mol. The van der Waals surface area contributed by atoms with Crippen molar-refractivity contribution in [2.24, 2.45) is 0 Å². The van der Waals surface area contributed by atoms with Crippen LogP contribution in [0.25, 0.3) is 0 Å². The van der Waals surface area contributed by atoms with Crippen LogP contribution in [-0.4, -0.2) is 65.3 Å². The van der Waals surface area contributed by atoms with Crippen LogP contribution in [0.2, 0.25) is 0 Å². The lowest BCUT2D eigenvalue weighted by Gasteiger charge is -2.28. The average Bonchev–Trinajstić information content (AvgIpc) is 3.11. The van der Waals surface area contributed by atoms with Crippen LogP contribution < -0.4 is 15.5 Å². The summed E-state index contributed by atoms with van der Waals surface area (Å²) >= 11 is 1.27. The Labute approximate surface area is 167 Å². The molecule has 1 aliphatic heterocycles. The number of urea groups is 1. The lowest BCUT2D eigenvalue weighted by Crippen LogP contribution is -2.41. The number of nitrogens with one attached hydrogen (secondary N) is 2. The fourth-order valence-corrected chi connectivity index (χ4v) is 3.60. The number of morpholine rings is 1. The number of thioether (sulfide) groups is 1. The van der Waals surface area contributed by atoms with Crippen LogP contribution in [0.1, 0.15) is 12.5 Å². The minimum atomic E-state index is -0.530. The van der Waals surface area contributed by atoms with Crippen molar-refractivity contribution in [3.8, 4) is 0 Å². The van der Waals surface area contributed by atoms with Gasteiger partial charge in [0.25, 0.3) is 0 Å². The van der Waals surface area contributed by atoms with Gasteiger partial charge in [-0.25, -0.2) is 4.79 Å². The molecule has 0 spiro atoms. The summed E-state index contributed by atoms with van der Waals surface area (Å²) in [5.74, 6) is 0.375. The summed E-state index contributed by atoms with van der Waals surface area (Å²) in [5.41, 5.74) is 1.11. The van der Waals surface area contributed by atoms with Crippen LogP contribution in [0.4, 0.5) is 10.7 Å². The molecule has 1 aliphatic rings. The largest absolute Gasteiger partial charge is 0.378 e. The van der Waals surface area contributed by atoms with Crippen LogP contribution >= 0.6 is 11.8 Å². The number of aromatic nitrogens is 3. The van der Waals surface area contributed by atoms with Crippen LogP contribution in [0, 0.1) is 0 Å². The van der Waals surface area contributed by atoms with Crippen LogP contribution in [-0.2, 0) is 16.1 Å². The summed E-state index contributed by atoms with van der Waals surface area (Å²) in [6.07, 6.45) is 0. The Kier molecular flexibility index (Phi) is 6.88. The molecule has 0 unspecified atom stereocenters. The zero-order valence-electron chi connectivity index (χ0n) is 15.9. The molecule has 3 rings (SSSR count). The Morgan fingerprint density at radius 1 is 1.21 bits per heavy atom. The fourth-order valence-electron chi connectivity index (χ4n) is 2.76. The molecule has 0 bridgehead atoms. The molecule has 9 nitrogen and oxygen atoms in total. The highest BCUT2D eigenvalue weighted by Crippen LogP contribution is 2.27. The van der Waals surface area contributed by atoms with Gasteiger partial charge in [-0.1, -0.05) is 42.1 Å². The number of anilines is 1. The standard InChI is InChI=1S/C18H24N6O3S/c1-13(15(25)20-16(26)19-2)28-18-22-21-17(23-8-10-27-11-9-23)24(18)12-14-6-4-3-5-7-14/h3-7,13H,8-12H2,1-2H3,(H2,19,20,25,26)/t13-/m0/s1. The third kappa shape index (κ3) is 5.02. The minimum absolute atomic E-state index is 0.383. The van der Waals surface area contributed by atoms with E-state index < -0.39 is 11.3 Å². The summed E-state index contributed by atoms with van der Waals surface area (Å²) in [6.45, 7) is 5.09. The summed E-state index contributed by atoms with van der Waals surface area (Å²) < 4.78 is 7.44. The second-order valence-electron chi connectivity index (χ2n) is 6.28. The molecular formula is C18H24N6O3S. The maximum absolute atomic E-state index is 12.2. The molecule has 1 fully saturated rings. The van der Waals surface area contributed by atoms with E-state index in [-0.39, 0.29) is 5.91 Å². The lowest BCUT2D eigenvalue weighted by molar-refractivity contribution is -0.119. The highest BCUT2D eigenvalue weighted by atomic mass is 32.2. The first kappa shape index (κ1) is 20.2. The highest BCUT2D eigenvalue weighted by Gasteiger charge is 2.24. The number of benzene rings is 1. The molecule has 1 aromatic heterocycles. The minimum Gasteiger partial charge on any atom is -0.378 e. The first-order valence-corrected chi connectivity index (χ1v) is 9.95. The zero-order valence-corrected chi connectivity index (χ0v) is 16.7. The van der Waals surface area contributed by atoms with Gasteiger partial charge in [-0.15, -0.1) is 10.2 Å². The van der Waals surface area contributed by atoms with Crippen molar-refractivity contribution >= 4 is 29.6 Å². The van der Waals surface area contributed by atoms with E-state index in [2.05, 4.69) is 25.7 Å². The fraction of sp³-hybridized carbons (Fsp3) is 0.444. The van der Waals surface area contributed by atoms with E-state index in [0.29, 0.717) is 24.9 Å². The molecule has 28 heavy (non-hydrogen) atoms. The van der Waals surface area contributed by atoms with Gasteiger partial charge in [-0.05, 0) is 12.5 Å². The Bertz CT molecular complexity index is 807. The molecule has 10 heteroatoms. The van der Waals surface area contributed by atoms with Gasteiger partial charge in [0.2, 0.25) is 11.9 Å². The maximum atomic E-state index is 12.2. The SMILES string of the molecule is CNC(=O)NC(=O)[C@H](C)Sc1nnc(N2CCOCC2)n1Cc1ccccc1. The number of hydrogen-bond acceptors (Lipinski definition) is 7. The van der Waals surface area contributed by atoms with Gasteiger partial charge >= 0.3 is 6.03 Å². The zero-order chi connectivity index (χ0) is 19.9. The van der Waals surface area contributed by atoms with E-state index in [9.17, 15) is 9.59 Å². The van der Waals surface area contributed by atoms with Crippen molar-refractivity contribution in [1.29, 1.82) is 0 Å². The Morgan fingerprint density at radius 3 is 2.61 bits per heavy atom. The third-order valence-electron chi connectivity index (χ3n) is 4.29. The number of hydrogen-bond donors (Lipinski definition) is 2. The normalized spacial score (nSPS) is 15.1. The first-order valence-electron chi connectivity index (χ1n) is 9.07. The van der Waals surface area contributed by atoms with Crippen LogP contribution in [0.15, 0.2) is 35.5 Å². The van der Waals surface area contributed by atoms with Gasteiger partial charge < -0.3 is 15.0 Å². The van der Waals surface area contributed by atoms with E-state index in [1.54, 1.807) is 6.92 Å². The number of imide groups is 1. The highest BCUT2D eigenvalue weighted by molar-refractivity contribution is 8.00. The first-order chi connectivity index (χ1) is 13.6. The van der Waals surface area contributed by atoms with Crippen molar-refractivity contribution < 1.29 is 14.3 Å². The van der Waals surface area contributed by atoms with E-state index in [1.807, 2.05) is 34.9 Å². The smallest absolute Gasteiger partial charge is 0.321 e. The summed E-state index contributed by atoms with van der Waals surface area (Å²) in [5, 5.41) is 13.5. The number of carbonyl (C=O) groups is 2. The van der Waals surface area contributed by atoms with Gasteiger partial charge in [-0.2, -0.15) is 0 Å². The Hall–Kier alpha value is -2.59. The molecule has 3 amide bonds. The molecule has 1 aromatic carbocycles. The lowest BCUT2D eigenvalue weighted by atomic mass is 10.2. The quantitative estimate of drug-likeness (QED) is 0.695. The second-order valence-corrected chi connectivity index (χ2v) is 7.59. The number of amides is 3. The molecule has 1 saturated heterocycles. The summed E-state index contributed by atoms with van der Waals surface area (Å²) in [4.78, 5) is 25.7. The van der Waals surface area contributed by atoms with Gasteiger partial charge in [0.15, 0.2) is 5.16 Å². The average molecular weight is 404 g/mol. The van der Waals surface area contributed by atoms with Crippen molar-refractivity contribution in [3.05, 3.63) is 35.9 Å². The predicted molar refractivity (Wildman–Crippen MR) is 107 cm³/mol.